The largest absolute Gasteiger partial charge is 0.525 e. The number of rotatable bonds is 1. The number of carbonyl (C=O) groups is 1. The Kier molecular flexibility index (Phi) is 3.26. The SMILES string of the molecule is CC1(C)OB(C(F)=C2CCCC23CCNC3=O)OC1(C)C. The van der Waals surface area contributed by atoms with Gasteiger partial charge in [0.15, 0.2) is 0 Å². The first-order valence-corrected chi connectivity index (χ1v) is 7.73. The summed E-state index contributed by atoms with van der Waals surface area (Å²) in [6, 6.07) is 0. The molecule has 2 aliphatic heterocycles. The maximum atomic E-state index is 15.0. The molecule has 1 amide bonds. The molecule has 0 radical (unpaired) electrons. The van der Waals surface area contributed by atoms with Crippen LogP contribution < -0.4 is 5.32 Å². The average Bonchev–Trinajstić information content (AvgIpc) is 3.01. The molecule has 2 saturated heterocycles. The van der Waals surface area contributed by atoms with Crippen LogP contribution in [0.4, 0.5) is 4.39 Å². The van der Waals surface area contributed by atoms with E-state index >= 15 is 4.39 Å². The van der Waals surface area contributed by atoms with E-state index in [1.165, 1.54) is 0 Å². The predicted molar refractivity (Wildman–Crippen MR) is 78.1 cm³/mol. The van der Waals surface area contributed by atoms with Crippen molar-refractivity contribution < 1.29 is 18.5 Å². The first-order valence-electron chi connectivity index (χ1n) is 7.73. The van der Waals surface area contributed by atoms with Crippen molar-refractivity contribution in [1.82, 2.24) is 5.32 Å². The van der Waals surface area contributed by atoms with E-state index in [4.69, 9.17) is 9.31 Å². The molecule has 0 aromatic rings. The first kappa shape index (κ1) is 15.0. The summed E-state index contributed by atoms with van der Waals surface area (Å²) >= 11 is 0. The third-order valence-electron chi connectivity index (χ3n) is 5.63. The van der Waals surface area contributed by atoms with Gasteiger partial charge in [-0.3, -0.25) is 4.79 Å². The van der Waals surface area contributed by atoms with E-state index in [9.17, 15) is 4.79 Å². The third kappa shape index (κ3) is 2.06. The smallest absolute Gasteiger partial charge is 0.398 e. The van der Waals surface area contributed by atoms with Gasteiger partial charge in [-0.15, -0.1) is 0 Å². The van der Waals surface area contributed by atoms with Crippen LogP contribution in [0.15, 0.2) is 11.3 Å². The summed E-state index contributed by atoms with van der Waals surface area (Å²) in [4.78, 5) is 12.2. The van der Waals surface area contributed by atoms with Crippen molar-refractivity contribution >= 4 is 13.0 Å². The van der Waals surface area contributed by atoms with Crippen LogP contribution in [-0.2, 0) is 14.1 Å². The molecule has 21 heavy (non-hydrogen) atoms. The minimum Gasteiger partial charge on any atom is -0.398 e. The summed E-state index contributed by atoms with van der Waals surface area (Å²) < 4.78 is 26.6. The molecule has 1 saturated carbocycles. The van der Waals surface area contributed by atoms with Crippen LogP contribution in [0.25, 0.3) is 0 Å². The van der Waals surface area contributed by atoms with Gasteiger partial charge < -0.3 is 14.6 Å². The summed E-state index contributed by atoms with van der Waals surface area (Å²) in [5, 5.41) is 2.84. The summed E-state index contributed by atoms with van der Waals surface area (Å²) in [7, 11) is -0.992. The van der Waals surface area contributed by atoms with Gasteiger partial charge in [-0.1, -0.05) is 0 Å². The van der Waals surface area contributed by atoms with Crippen molar-refractivity contribution in [3.05, 3.63) is 11.3 Å². The van der Waals surface area contributed by atoms with Crippen molar-refractivity contribution in [3.8, 4) is 0 Å². The van der Waals surface area contributed by atoms with Crippen molar-refractivity contribution in [2.75, 3.05) is 6.54 Å². The topological polar surface area (TPSA) is 47.6 Å². The molecule has 3 aliphatic rings. The number of carbonyl (C=O) groups excluding carboxylic acids is 1. The van der Waals surface area contributed by atoms with Crippen molar-refractivity contribution in [2.24, 2.45) is 5.41 Å². The Balaban J connectivity index is 1.94. The van der Waals surface area contributed by atoms with Crippen molar-refractivity contribution in [3.63, 3.8) is 0 Å². The van der Waals surface area contributed by atoms with E-state index in [0.29, 0.717) is 25.0 Å². The fourth-order valence-corrected chi connectivity index (χ4v) is 3.59. The van der Waals surface area contributed by atoms with E-state index < -0.39 is 23.7 Å². The molecule has 0 aromatic heterocycles. The monoisotopic (exact) mass is 295 g/mol. The molecule has 3 fully saturated rings. The highest BCUT2D eigenvalue weighted by atomic mass is 19.1. The molecule has 0 aromatic carbocycles. The predicted octanol–water partition coefficient (Wildman–Crippen LogP) is 2.53. The Morgan fingerprint density at radius 1 is 1.19 bits per heavy atom. The molecular weight excluding hydrogens is 272 g/mol. The number of nitrogens with one attached hydrogen (secondary N) is 1. The molecule has 116 valence electrons. The van der Waals surface area contributed by atoms with Crippen LogP contribution in [0.1, 0.15) is 53.4 Å². The maximum Gasteiger partial charge on any atom is 0.525 e. The molecule has 0 bridgehead atoms. The summed E-state index contributed by atoms with van der Waals surface area (Å²) in [6.07, 6.45) is 2.86. The quantitative estimate of drug-likeness (QED) is 0.756. The first-order chi connectivity index (χ1) is 9.70. The van der Waals surface area contributed by atoms with E-state index in [0.717, 1.165) is 12.8 Å². The fraction of sp³-hybridized carbons (Fsp3) is 0.800. The standard InChI is InChI=1S/C15H23BFNO3/c1-13(2)14(3,4)21-16(20-13)11(17)10-6-5-7-15(10)8-9-18-12(15)19/h5-9H2,1-4H3,(H,18,19). The number of hydrogen-bond acceptors (Lipinski definition) is 3. The molecule has 6 heteroatoms. The Hall–Kier alpha value is -0.875. The third-order valence-corrected chi connectivity index (χ3v) is 5.63. The van der Waals surface area contributed by atoms with Crippen LogP contribution in [-0.4, -0.2) is 30.8 Å². The van der Waals surface area contributed by atoms with Gasteiger partial charge in [-0.2, -0.15) is 0 Å². The van der Waals surface area contributed by atoms with E-state index in [2.05, 4.69) is 5.32 Å². The second-order valence-electron chi connectivity index (χ2n) is 7.36. The van der Waals surface area contributed by atoms with E-state index in [1.807, 2.05) is 27.7 Å². The van der Waals surface area contributed by atoms with Gasteiger partial charge in [0.25, 0.3) is 0 Å². The number of hydrogen-bond donors (Lipinski definition) is 1. The van der Waals surface area contributed by atoms with Crippen LogP contribution in [0, 0.1) is 5.41 Å². The number of halogens is 1. The van der Waals surface area contributed by atoms with Crippen molar-refractivity contribution in [2.45, 2.75) is 64.6 Å². The average molecular weight is 295 g/mol. The summed E-state index contributed by atoms with van der Waals surface area (Å²) in [6.45, 7) is 8.23. The highest BCUT2D eigenvalue weighted by Gasteiger charge is 2.56. The van der Waals surface area contributed by atoms with Gasteiger partial charge in [-0.25, -0.2) is 4.39 Å². The second-order valence-corrected chi connectivity index (χ2v) is 7.36. The van der Waals surface area contributed by atoms with Gasteiger partial charge in [0, 0.05) is 6.54 Å². The van der Waals surface area contributed by atoms with Gasteiger partial charge in [0.2, 0.25) is 5.91 Å². The van der Waals surface area contributed by atoms with E-state index in [1.54, 1.807) is 0 Å². The van der Waals surface area contributed by atoms with Crippen LogP contribution in [0.2, 0.25) is 0 Å². The zero-order chi connectivity index (χ0) is 15.5. The lowest BCUT2D eigenvalue weighted by Crippen LogP contribution is -2.41. The van der Waals surface area contributed by atoms with Gasteiger partial charge in [-0.05, 0) is 59.0 Å². The Labute approximate surface area is 125 Å². The van der Waals surface area contributed by atoms with Crippen LogP contribution >= 0.6 is 0 Å². The van der Waals surface area contributed by atoms with Gasteiger partial charge in [0.05, 0.1) is 16.6 Å². The van der Waals surface area contributed by atoms with Crippen LogP contribution in [0.5, 0.6) is 0 Å². The zero-order valence-corrected chi connectivity index (χ0v) is 13.2. The Bertz CT molecular complexity index is 497. The highest BCUT2D eigenvalue weighted by molar-refractivity contribution is 6.54. The van der Waals surface area contributed by atoms with Crippen LogP contribution in [0.3, 0.4) is 0 Å². The minimum atomic E-state index is -0.992. The molecule has 3 rings (SSSR count). The molecular formula is C15H23BFNO3. The molecule has 1 spiro atoms. The summed E-state index contributed by atoms with van der Waals surface area (Å²) in [5.74, 6) is -0.0401. The molecule has 1 atom stereocenters. The molecule has 1 unspecified atom stereocenters. The highest BCUT2D eigenvalue weighted by Crippen LogP contribution is 2.51. The van der Waals surface area contributed by atoms with Gasteiger partial charge >= 0.3 is 7.12 Å². The molecule has 4 nitrogen and oxygen atoms in total. The summed E-state index contributed by atoms with van der Waals surface area (Å²) in [5.41, 5.74) is -1.59. The Morgan fingerprint density at radius 3 is 2.33 bits per heavy atom. The Morgan fingerprint density at radius 2 is 1.81 bits per heavy atom. The fourth-order valence-electron chi connectivity index (χ4n) is 3.59. The maximum absolute atomic E-state index is 15.0. The molecule has 1 N–H and O–H groups in total. The normalized spacial score (nSPS) is 36.4. The lowest BCUT2D eigenvalue weighted by molar-refractivity contribution is -0.125. The minimum absolute atomic E-state index is 0.0401. The molecule has 2 heterocycles. The van der Waals surface area contributed by atoms with Crippen molar-refractivity contribution in [1.29, 1.82) is 0 Å². The zero-order valence-electron chi connectivity index (χ0n) is 13.2. The second kappa shape index (κ2) is 4.56. The van der Waals surface area contributed by atoms with E-state index in [-0.39, 0.29) is 11.6 Å². The molecule has 1 aliphatic carbocycles. The lowest BCUT2D eigenvalue weighted by atomic mass is 9.74. The van der Waals surface area contributed by atoms with Gasteiger partial charge in [0.1, 0.15) is 5.73 Å². The number of amides is 1. The lowest BCUT2D eigenvalue weighted by Gasteiger charge is -2.32.